The van der Waals surface area contributed by atoms with Crippen LogP contribution in [0.3, 0.4) is 0 Å². The van der Waals surface area contributed by atoms with E-state index in [-0.39, 0.29) is 6.04 Å². The third-order valence-corrected chi connectivity index (χ3v) is 12.3. The molecule has 2 aliphatic carbocycles. The molecular formula is C34H43N9O2S. The van der Waals surface area contributed by atoms with Gasteiger partial charge in [-0.2, -0.15) is 10.4 Å². The van der Waals surface area contributed by atoms with Crippen molar-refractivity contribution in [3.8, 4) is 17.6 Å². The van der Waals surface area contributed by atoms with Crippen molar-refractivity contribution in [2.75, 3.05) is 37.3 Å². The number of hydrogen-bond acceptors (Lipinski definition) is 11. The number of thiophene rings is 1. The largest absolute Gasteiger partial charge is 0.389 e. The standard InChI is InChI=1S/C34H43N9O2S/c1-20(24-10-8-15-41(24)3)43-32-23(18-37-43)31(42-16-5-4-12-33(2,44)19-42)38-30(39-32)27-21-9-6-13-34(28(21)45-40-27)14-7-11-25-26(34)22(17-35)29(36)46-25/h18,20,24,44H,4-16,19,36H2,1-3H3/t20-,24-,33-,34-/m0/s1. The average molecular weight is 642 g/mol. The fourth-order valence-electron chi connectivity index (χ4n) is 9.04. The summed E-state index contributed by atoms with van der Waals surface area (Å²) in [6.07, 6.45) is 12.4. The average Bonchev–Trinajstić information content (AvgIpc) is 3.81. The van der Waals surface area contributed by atoms with Crippen LogP contribution in [0.2, 0.25) is 0 Å². The number of fused-ring (bicyclic) bond motifs is 5. The lowest BCUT2D eigenvalue weighted by Crippen LogP contribution is -2.39. The molecule has 12 heteroatoms. The maximum Gasteiger partial charge on any atom is 0.186 e. The van der Waals surface area contributed by atoms with Gasteiger partial charge in [0, 0.05) is 29.6 Å². The molecule has 0 saturated carbocycles. The number of nitrogens with zero attached hydrogens (tertiary/aromatic N) is 8. The van der Waals surface area contributed by atoms with Gasteiger partial charge in [0.2, 0.25) is 0 Å². The second-order valence-corrected chi connectivity index (χ2v) is 15.5. The molecule has 11 nitrogen and oxygen atoms in total. The van der Waals surface area contributed by atoms with E-state index in [1.165, 1.54) is 11.3 Å². The lowest BCUT2D eigenvalue weighted by Gasteiger charge is -2.39. The first kappa shape index (κ1) is 29.8. The highest BCUT2D eigenvalue weighted by atomic mass is 32.1. The topological polar surface area (TPSA) is 146 Å². The normalized spacial score (nSPS) is 27.5. The predicted molar refractivity (Wildman–Crippen MR) is 178 cm³/mol. The van der Waals surface area contributed by atoms with E-state index in [1.807, 2.05) is 13.1 Å². The van der Waals surface area contributed by atoms with Crippen molar-refractivity contribution < 1.29 is 9.63 Å². The molecule has 4 aliphatic rings. The smallest absolute Gasteiger partial charge is 0.186 e. The fraction of sp³-hybridized carbons (Fsp3) is 0.618. The summed E-state index contributed by atoms with van der Waals surface area (Å²) in [7, 11) is 2.19. The van der Waals surface area contributed by atoms with Crippen LogP contribution in [-0.4, -0.2) is 73.2 Å². The highest BCUT2D eigenvalue weighted by Gasteiger charge is 2.49. The van der Waals surface area contributed by atoms with Gasteiger partial charge in [0.1, 0.15) is 16.9 Å². The van der Waals surface area contributed by atoms with Crippen molar-refractivity contribution in [2.24, 2.45) is 0 Å². The lowest BCUT2D eigenvalue weighted by atomic mass is 9.63. The Kier molecular flexibility index (Phi) is 7.16. The maximum atomic E-state index is 11.2. The van der Waals surface area contributed by atoms with E-state index in [0.717, 1.165) is 111 Å². The van der Waals surface area contributed by atoms with E-state index in [4.69, 9.17) is 30.5 Å². The number of hydrogen-bond donors (Lipinski definition) is 2. The number of likely N-dealkylation sites (tertiary alicyclic amines) is 1. The number of nitriles is 1. The molecule has 4 aromatic heterocycles. The number of β-amino-alcohol motifs (C(OH)–C–C–N with tert-alkyl or cyclic N) is 1. The SMILES string of the molecule is C[C@@H]([C@@H]1CCCN1C)n1ncc2c(N3CCCC[C@](C)(O)C3)nc(-c3noc4c3CCC[C@@]43CCCc4sc(N)c(C#N)c43)nc21. The Morgan fingerprint density at radius 3 is 2.74 bits per heavy atom. The van der Waals surface area contributed by atoms with Gasteiger partial charge in [-0.25, -0.2) is 14.6 Å². The lowest BCUT2D eigenvalue weighted by molar-refractivity contribution is 0.0612. The number of aliphatic hydroxyl groups is 1. The molecule has 0 aromatic carbocycles. The monoisotopic (exact) mass is 641 g/mol. The van der Waals surface area contributed by atoms with Gasteiger partial charge in [0.05, 0.1) is 34.2 Å². The summed E-state index contributed by atoms with van der Waals surface area (Å²) in [5, 5.41) is 32.5. The molecule has 0 bridgehead atoms. The highest BCUT2D eigenvalue weighted by molar-refractivity contribution is 7.16. The molecule has 1 spiro atoms. The van der Waals surface area contributed by atoms with Crippen LogP contribution in [0.1, 0.15) is 105 Å². The molecule has 2 fully saturated rings. The first-order chi connectivity index (χ1) is 22.2. The number of anilines is 2. The molecule has 4 aromatic rings. The predicted octanol–water partition coefficient (Wildman–Crippen LogP) is 5.35. The van der Waals surface area contributed by atoms with Crippen LogP contribution in [0.25, 0.3) is 22.6 Å². The third-order valence-electron chi connectivity index (χ3n) is 11.2. The minimum absolute atomic E-state index is 0.122. The molecule has 46 heavy (non-hydrogen) atoms. The minimum atomic E-state index is -0.817. The van der Waals surface area contributed by atoms with Gasteiger partial charge < -0.3 is 25.2 Å². The van der Waals surface area contributed by atoms with Gasteiger partial charge in [-0.05, 0) is 104 Å². The second-order valence-electron chi connectivity index (χ2n) is 14.4. The molecule has 6 heterocycles. The molecule has 242 valence electrons. The van der Waals surface area contributed by atoms with Gasteiger partial charge in [-0.3, -0.25) is 0 Å². The van der Waals surface area contributed by atoms with Crippen LogP contribution in [0.15, 0.2) is 10.7 Å². The second kappa shape index (κ2) is 11.0. The van der Waals surface area contributed by atoms with E-state index in [9.17, 15) is 10.4 Å². The zero-order chi connectivity index (χ0) is 31.8. The van der Waals surface area contributed by atoms with Gasteiger partial charge in [-0.15, -0.1) is 11.3 Å². The molecule has 2 aliphatic heterocycles. The first-order valence-corrected chi connectivity index (χ1v) is 17.8. The quantitative estimate of drug-likeness (QED) is 0.299. The summed E-state index contributed by atoms with van der Waals surface area (Å²) in [5.41, 5.74) is 9.32. The Morgan fingerprint density at radius 1 is 1.13 bits per heavy atom. The number of nitrogen functional groups attached to an aromatic ring is 1. The van der Waals surface area contributed by atoms with E-state index >= 15 is 0 Å². The number of aryl methyl sites for hydroxylation is 1. The van der Waals surface area contributed by atoms with Crippen LogP contribution in [0.4, 0.5) is 10.8 Å². The van der Waals surface area contributed by atoms with Crippen LogP contribution in [0.5, 0.6) is 0 Å². The minimum Gasteiger partial charge on any atom is -0.389 e. The molecule has 0 unspecified atom stereocenters. The molecule has 0 radical (unpaired) electrons. The van der Waals surface area contributed by atoms with Crippen molar-refractivity contribution in [1.82, 2.24) is 29.8 Å². The van der Waals surface area contributed by atoms with Crippen LogP contribution >= 0.6 is 11.3 Å². The number of rotatable bonds is 4. The van der Waals surface area contributed by atoms with Crippen molar-refractivity contribution in [3.63, 3.8) is 0 Å². The van der Waals surface area contributed by atoms with Crippen molar-refractivity contribution in [1.29, 1.82) is 5.26 Å². The molecular weight excluding hydrogens is 599 g/mol. The molecule has 3 N–H and O–H groups in total. The summed E-state index contributed by atoms with van der Waals surface area (Å²) >= 11 is 1.55. The Morgan fingerprint density at radius 2 is 1.96 bits per heavy atom. The summed E-state index contributed by atoms with van der Waals surface area (Å²) in [5.74, 6) is 2.17. The van der Waals surface area contributed by atoms with E-state index < -0.39 is 11.0 Å². The summed E-state index contributed by atoms with van der Waals surface area (Å²) < 4.78 is 8.42. The summed E-state index contributed by atoms with van der Waals surface area (Å²) in [6.45, 7) is 6.53. The molecule has 2 saturated heterocycles. The zero-order valence-electron chi connectivity index (χ0n) is 27.1. The number of nitrogens with two attached hydrogens (primary N) is 1. The van der Waals surface area contributed by atoms with Crippen molar-refractivity contribution in [3.05, 3.63) is 33.5 Å². The Balaban J connectivity index is 1.30. The number of likely N-dealkylation sites (N-methyl/N-ethyl adjacent to an activating group) is 1. The Labute approximate surface area is 273 Å². The van der Waals surface area contributed by atoms with Crippen molar-refractivity contribution in [2.45, 2.75) is 108 Å². The van der Waals surface area contributed by atoms with Crippen LogP contribution in [-0.2, 0) is 18.3 Å². The highest BCUT2D eigenvalue weighted by Crippen LogP contribution is 2.55. The fourth-order valence-corrected chi connectivity index (χ4v) is 10.2. The van der Waals surface area contributed by atoms with E-state index in [0.29, 0.717) is 34.7 Å². The van der Waals surface area contributed by atoms with Crippen LogP contribution < -0.4 is 10.6 Å². The van der Waals surface area contributed by atoms with Gasteiger partial charge >= 0.3 is 0 Å². The van der Waals surface area contributed by atoms with Crippen LogP contribution in [0, 0.1) is 11.3 Å². The Hall–Kier alpha value is -3.53. The van der Waals surface area contributed by atoms with Gasteiger partial charge in [-0.1, -0.05) is 5.16 Å². The first-order valence-electron chi connectivity index (χ1n) is 16.9. The van der Waals surface area contributed by atoms with E-state index in [2.05, 4.69) is 34.5 Å². The zero-order valence-corrected chi connectivity index (χ0v) is 27.9. The Bertz CT molecular complexity index is 1850. The molecule has 4 atom stereocenters. The summed E-state index contributed by atoms with van der Waals surface area (Å²) in [4.78, 5) is 16.3. The van der Waals surface area contributed by atoms with Crippen molar-refractivity contribution >= 4 is 33.2 Å². The van der Waals surface area contributed by atoms with Gasteiger partial charge in [0.25, 0.3) is 0 Å². The number of aromatic nitrogens is 5. The molecule has 8 rings (SSSR count). The maximum absolute atomic E-state index is 11.2. The third kappa shape index (κ3) is 4.57. The van der Waals surface area contributed by atoms with Gasteiger partial charge in [0.15, 0.2) is 22.9 Å². The van der Waals surface area contributed by atoms with E-state index in [1.54, 1.807) is 11.3 Å². The summed E-state index contributed by atoms with van der Waals surface area (Å²) in [6, 6.07) is 2.91. The molecule has 0 amide bonds.